The SMILES string of the molecule is Cc1occc1CN(C)c1ncnc2c1CN(C)CC2. The first kappa shape index (κ1) is 13.1. The highest BCUT2D eigenvalue weighted by Gasteiger charge is 2.21. The van der Waals surface area contributed by atoms with Crippen LogP contribution in [0.3, 0.4) is 0 Å². The standard InChI is InChI=1S/C15H20N4O/c1-11-12(5-7-20-11)8-19(3)15-13-9-18(2)6-4-14(13)16-10-17-15/h5,7,10H,4,6,8-9H2,1-3H3. The highest BCUT2D eigenvalue weighted by Crippen LogP contribution is 2.25. The first-order valence-electron chi connectivity index (χ1n) is 6.90. The number of nitrogens with zero attached hydrogens (tertiary/aromatic N) is 4. The number of hydrogen-bond acceptors (Lipinski definition) is 5. The average molecular weight is 272 g/mol. The Morgan fingerprint density at radius 3 is 3.00 bits per heavy atom. The van der Waals surface area contributed by atoms with E-state index in [1.807, 2.05) is 13.0 Å². The second kappa shape index (κ2) is 5.25. The van der Waals surface area contributed by atoms with Gasteiger partial charge in [-0.15, -0.1) is 0 Å². The number of anilines is 1. The second-order valence-electron chi connectivity index (χ2n) is 5.47. The monoisotopic (exact) mass is 272 g/mol. The maximum absolute atomic E-state index is 5.36. The molecule has 3 heterocycles. The molecule has 0 spiro atoms. The van der Waals surface area contributed by atoms with Crippen LogP contribution in [0.1, 0.15) is 22.6 Å². The highest BCUT2D eigenvalue weighted by molar-refractivity contribution is 5.49. The van der Waals surface area contributed by atoms with Crippen molar-refractivity contribution in [1.29, 1.82) is 0 Å². The lowest BCUT2D eigenvalue weighted by Gasteiger charge is -2.28. The number of furan rings is 1. The van der Waals surface area contributed by atoms with Crippen LogP contribution in [0.5, 0.6) is 0 Å². The van der Waals surface area contributed by atoms with Gasteiger partial charge in [0.15, 0.2) is 0 Å². The molecule has 0 atom stereocenters. The lowest BCUT2D eigenvalue weighted by atomic mass is 10.1. The van der Waals surface area contributed by atoms with Crippen molar-refractivity contribution < 1.29 is 4.42 Å². The van der Waals surface area contributed by atoms with Gasteiger partial charge in [0.1, 0.15) is 17.9 Å². The molecule has 0 aliphatic carbocycles. The van der Waals surface area contributed by atoms with E-state index in [0.717, 1.165) is 37.6 Å². The smallest absolute Gasteiger partial charge is 0.136 e. The van der Waals surface area contributed by atoms with Crippen molar-refractivity contribution in [1.82, 2.24) is 14.9 Å². The molecular weight excluding hydrogens is 252 g/mol. The fraction of sp³-hybridized carbons (Fsp3) is 0.467. The van der Waals surface area contributed by atoms with Gasteiger partial charge in [-0.1, -0.05) is 0 Å². The van der Waals surface area contributed by atoms with Crippen LogP contribution in [-0.4, -0.2) is 35.5 Å². The number of likely N-dealkylation sites (N-methyl/N-ethyl adjacent to an activating group) is 1. The summed E-state index contributed by atoms with van der Waals surface area (Å²) in [7, 11) is 4.21. The number of aryl methyl sites for hydroxylation is 1. The van der Waals surface area contributed by atoms with Crippen LogP contribution in [0.15, 0.2) is 23.1 Å². The molecule has 1 aliphatic heterocycles. The number of aromatic nitrogens is 2. The topological polar surface area (TPSA) is 45.4 Å². The van der Waals surface area contributed by atoms with E-state index in [4.69, 9.17) is 4.42 Å². The fourth-order valence-electron chi connectivity index (χ4n) is 2.70. The van der Waals surface area contributed by atoms with Gasteiger partial charge in [0.25, 0.3) is 0 Å². The molecule has 0 unspecified atom stereocenters. The van der Waals surface area contributed by atoms with Crippen LogP contribution in [-0.2, 0) is 19.5 Å². The van der Waals surface area contributed by atoms with Gasteiger partial charge in [-0.3, -0.25) is 0 Å². The van der Waals surface area contributed by atoms with E-state index in [1.165, 1.54) is 16.8 Å². The molecule has 106 valence electrons. The third kappa shape index (κ3) is 2.41. The van der Waals surface area contributed by atoms with Crippen molar-refractivity contribution in [2.75, 3.05) is 25.5 Å². The number of rotatable bonds is 3. The van der Waals surface area contributed by atoms with Gasteiger partial charge < -0.3 is 14.2 Å². The van der Waals surface area contributed by atoms with Crippen LogP contribution < -0.4 is 4.90 Å². The predicted octanol–water partition coefficient (Wildman–Crippen LogP) is 2.00. The molecule has 0 amide bonds. The van der Waals surface area contributed by atoms with Gasteiger partial charge in [0.2, 0.25) is 0 Å². The zero-order valence-electron chi connectivity index (χ0n) is 12.3. The quantitative estimate of drug-likeness (QED) is 0.855. The maximum Gasteiger partial charge on any atom is 0.136 e. The van der Waals surface area contributed by atoms with Crippen LogP contribution in [0, 0.1) is 6.92 Å². The molecule has 1 aliphatic rings. The van der Waals surface area contributed by atoms with Gasteiger partial charge in [0.05, 0.1) is 12.0 Å². The van der Waals surface area contributed by atoms with Crippen molar-refractivity contribution in [2.45, 2.75) is 26.4 Å². The molecular formula is C15H20N4O. The molecule has 2 aromatic heterocycles. The third-order valence-corrected chi connectivity index (χ3v) is 3.91. The summed E-state index contributed by atoms with van der Waals surface area (Å²) in [5.74, 6) is 2.00. The molecule has 3 rings (SSSR count). The largest absolute Gasteiger partial charge is 0.469 e. The molecule has 20 heavy (non-hydrogen) atoms. The molecule has 0 N–H and O–H groups in total. The van der Waals surface area contributed by atoms with Crippen LogP contribution in [0.25, 0.3) is 0 Å². The van der Waals surface area contributed by atoms with Crippen LogP contribution in [0.2, 0.25) is 0 Å². The Morgan fingerprint density at radius 2 is 2.25 bits per heavy atom. The minimum absolute atomic E-state index is 0.801. The summed E-state index contributed by atoms with van der Waals surface area (Å²) in [5, 5.41) is 0. The average Bonchev–Trinajstić information content (AvgIpc) is 2.83. The zero-order chi connectivity index (χ0) is 14.1. The summed E-state index contributed by atoms with van der Waals surface area (Å²) in [6.45, 7) is 4.77. The second-order valence-corrected chi connectivity index (χ2v) is 5.47. The van der Waals surface area contributed by atoms with Crippen LogP contribution in [0.4, 0.5) is 5.82 Å². The van der Waals surface area contributed by atoms with E-state index in [0.29, 0.717) is 0 Å². The maximum atomic E-state index is 5.36. The predicted molar refractivity (Wildman–Crippen MR) is 77.6 cm³/mol. The van der Waals surface area contributed by atoms with Gasteiger partial charge in [-0.05, 0) is 20.0 Å². The van der Waals surface area contributed by atoms with Crippen molar-refractivity contribution in [2.24, 2.45) is 0 Å². The summed E-state index contributed by atoms with van der Waals surface area (Å²) < 4.78 is 5.36. The summed E-state index contributed by atoms with van der Waals surface area (Å²) in [6.07, 6.45) is 4.42. The molecule has 0 fully saturated rings. The molecule has 5 heteroatoms. The van der Waals surface area contributed by atoms with E-state index < -0.39 is 0 Å². The Labute approximate surface area is 119 Å². The summed E-state index contributed by atoms with van der Waals surface area (Å²) in [5.41, 5.74) is 3.64. The first-order chi connectivity index (χ1) is 9.65. The summed E-state index contributed by atoms with van der Waals surface area (Å²) >= 11 is 0. The highest BCUT2D eigenvalue weighted by atomic mass is 16.3. The summed E-state index contributed by atoms with van der Waals surface area (Å²) in [6, 6.07) is 2.02. The van der Waals surface area contributed by atoms with Crippen molar-refractivity contribution in [3.63, 3.8) is 0 Å². The Morgan fingerprint density at radius 1 is 1.40 bits per heavy atom. The van der Waals surface area contributed by atoms with Gasteiger partial charge in [0, 0.05) is 44.2 Å². The Hall–Kier alpha value is -1.88. The van der Waals surface area contributed by atoms with E-state index in [-0.39, 0.29) is 0 Å². The van der Waals surface area contributed by atoms with Crippen molar-refractivity contribution >= 4 is 5.82 Å². The van der Waals surface area contributed by atoms with Gasteiger partial charge in [-0.25, -0.2) is 9.97 Å². The normalized spacial score (nSPS) is 15.2. The molecule has 5 nitrogen and oxygen atoms in total. The molecule has 0 bridgehead atoms. The molecule has 0 radical (unpaired) electrons. The minimum Gasteiger partial charge on any atom is -0.469 e. The van der Waals surface area contributed by atoms with E-state index in [2.05, 4.69) is 33.9 Å². The minimum atomic E-state index is 0.801. The number of fused-ring (bicyclic) bond motifs is 1. The van der Waals surface area contributed by atoms with Crippen molar-refractivity contribution in [3.8, 4) is 0 Å². The third-order valence-electron chi connectivity index (χ3n) is 3.91. The lowest BCUT2D eigenvalue weighted by molar-refractivity contribution is 0.309. The van der Waals surface area contributed by atoms with Crippen LogP contribution >= 0.6 is 0 Å². The summed E-state index contributed by atoms with van der Waals surface area (Å²) in [4.78, 5) is 13.4. The molecule has 2 aromatic rings. The first-order valence-corrected chi connectivity index (χ1v) is 6.90. The molecule has 0 aromatic carbocycles. The molecule has 0 saturated carbocycles. The Balaban J connectivity index is 1.88. The Bertz CT molecular complexity index is 608. The zero-order valence-corrected chi connectivity index (χ0v) is 12.3. The van der Waals surface area contributed by atoms with Gasteiger partial charge in [-0.2, -0.15) is 0 Å². The van der Waals surface area contributed by atoms with E-state index in [1.54, 1.807) is 12.6 Å². The lowest BCUT2D eigenvalue weighted by Crippen LogP contribution is -2.30. The Kier molecular flexibility index (Phi) is 3.44. The van der Waals surface area contributed by atoms with Crippen molar-refractivity contribution in [3.05, 3.63) is 41.2 Å². The number of hydrogen-bond donors (Lipinski definition) is 0. The molecule has 0 saturated heterocycles. The van der Waals surface area contributed by atoms with E-state index >= 15 is 0 Å². The van der Waals surface area contributed by atoms with Gasteiger partial charge >= 0.3 is 0 Å². The fourth-order valence-corrected chi connectivity index (χ4v) is 2.70. The van der Waals surface area contributed by atoms with E-state index in [9.17, 15) is 0 Å².